The summed E-state index contributed by atoms with van der Waals surface area (Å²) in [6.07, 6.45) is 0.976. The Balaban J connectivity index is 3.27. The maximum atomic E-state index is 5.49. The number of hydrazine groups is 1. The molecule has 8 heteroatoms. The third kappa shape index (κ3) is 6.40. The third-order valence-electron chi connectivity index (χ3n) is 1.40. The van der Waals surface area contributed by atoms with Crippen LogP contribution in [0, 0.1) is 0 Å². The van der Waals surface area contributed by atoms with Crippen molar-refractivity contribution in [1.29, 1.82) is 0 Å². The van der Waals surface area contributed by atoms with E-state index >= 15 is 0 Å². The molecule has 0 saturated carbocycles. The first-order chi connectivity index (χ1) is 5.20. The number of hydrogen-bond donors (Lipinski definition) is 3. The number of nitrogens with one attached hydrogen (secondary N) is 1. The summed E-state index contributed by atoms with van der Waals surface area (Å²) in [5, 5.41) is 3.06. The SMILES string of the molecule is CNBCN(C)BN(N)BN. The highest BCUT2D eigenvalue weighted by Crippen LogP contribution is 1.75. The van der Waals surface area contributed by atoms with E-state index in [1.54, 1.807) is 4.83 Å². The zero-order valence-corrected chi connectivity index (χ0v) is 7.38. The molecule has 0 fully saturated rings. The van der Waals surface area contributed by atoms with E-state index in [0.29, 0.717) is 15.1 Å². The summed E-state index contributed by atoms with van der Waals surface area (Å²) in [7, 11) is 6.00. The standard InChI is InChI=1S/C3H16B3N5/c1-9-4-3-10(2)6-11(8)5-7/h4-6,9H,3,7-8H2,1-2H3. The Labute approximate surface area is 70.3 Å². The molecule has 0 aromatic carbocycles. The van der Waals surface area contributed by atoms with E-state index in [9.17, 15) is 0 Å². The normalized spacial score (nSPS) is 10.4. The lowest BCUT2D eigenvalue weighted by atomic mass is 9.89. The summed E-state index contributed by atoms with van der Waals surface area (Å²) >= 11 is 0. The van der Waals surface area contributed by atoms with Gasteiger partial charge in [-0.3, -0.25) is 5.84 Å². The van der Waals surface area contributed by atoms with Crippen LogP contribution in [0.25, 0.3) is 0 Å². The van der Waals surface area contributed by atoms with Gasteiger partial charge in [0, 0.05) is 0 Å². The van der Waals surface area contributed by atoms with Gasteiger partial charge in [0.05, 0.1) is 0 Å². The van der Waals surface area contributed by atoms with E-state index in [0.717, 1.165) is 13.9 Å². The minimum atomic E-state index is 0.393. The molecule has 62 valence electrons. The molecule has 5 N–H and O–H groups in total. The van der Waals surface area contributed by atoms with Crippen molar-refractivity contribution in [2.75, 3.05) is 20.5 Å². The van der Waals surface area contributed by atoms with Crippen LogP contribution in [-0.4, -0.2) is 52.7 Å². The van der Waals surface area contributed by atoms with E-state index < -0.39 is 0 Å². The van der Waals surface area contributed by atoms with Gasteiger partial charge in [-0.05, 0) is 20.5 Å². The van der Waals surface area contributed by atoms with Crippen molar-refractivity contribution in [3.05, 3.63) is 0 Å². The first kappa shape index (κ1) is 11.0. The summed E-state index contributed by atoms with van der Waals surface area (Å²) in [5.41, 5.74) is 5.31. The van der Waals surface area contributed by atoms with Crippen LogP contribution in [0.15, 0.2) is 0 Å². The molecule has 0 atom stereocenters. The molecule has 11 heavy (non-hydrogen) atoms. The van der Waals surface area contributed by atoms with Crippen LogP contribution in [0.3, 0.4) is 0 Å². The first-order valence-electron chi connectivity index (χ1n) is 3.73. The van der Waals surface area contributed by atoms with E-state index in [1.807, 2.05) is 14.1 Å². The molecular weight excluding hydrogens is 139 g/mol. The minimum Gasteiger partial charge on any atom is -0.361 e. The van der Waals surface area contributed by atoms with Gasteiger partial charge >= 0.3 is 0 Å². The van der Waals surface area contributed by atoms with E-state index in [1.165, 1.54) is 0 Å². The van der Waals surface area contributed by atoms with Crippen LogP contribution in [-0.2, 0) is 0 Å². The molecule has 0 aliphatic carbocycles. The van der Waals surface area contributed by atoms with Crippen molar-refractivity contribution < 1.29 is 0 Å². The fraction of sp³-hybridized carbons (Fsp3) is 1.00. The fourth-order valence-corrected chi connectivity index (χ4v) is 0.741. The molecule has 0 spiro atoms. The molecular formula is C3H16B3N5. The largest absolute Gasteiger partial charge is 0.361 e. The Morgan fingerprint density at radius 3 is 2.64 bits per heavy atom. The molecule has 0 aromatic heterocycles. The maximum Gasteiger partial charge on any atom is 0.294 e. The van der Waals surface area contributed by atoms with Gasteiger partial charge in [0.2, 0.25) is 7.41 Å². The molecule has 0 aliphatic rings. The van der Waals surface area contributed by atoms with Crippen LogP contribution < -0.4 is 16.7 Å². The Hall–Kier alpha value is -0.00519. The van der Waals surface area contributed by atoms with Crippen LogP contribution in [0.1, 0.15) is 0 Å². The van der Waals surface area contributed by atoms with Crippen molar-refractivity contribution in [3.63, 3.8) is 0 Å². The van der Waals surface area contributed by atoms with E-state index in [2.05, 4.69) is 10.0 Å². The average molecular weight is 155 g/mol. The van der Waals surface area contributed by atoms with Crippen molar-refractivity contribution in [1.82, 2.24) is 14.9 Å². The van der Waals surface area contributed by atoms with E-state index in [4.69, 9.17) is 11.5 Å². The molecule has 0 aromatic rings. The highest BCUT2D eigenvalue weighted by Gasteiger charge is 2.05. The third-order valence-corrected chi connectivity index (χ3v) is 1.40. The monoisotopic (exact) mass is 155 g/mol. The molecule has 0 unspecified atom stereocenters. The molecule has 0 rings (SSSR count). The van der Waals surface area contributed by atoms with Gasteiger partial charge in [-0.2, -0.15) is 0 Å². The van der Waals surface area contributed by atoms with Gasteiger partial charge in [0.1, 0.15) is 0 Å². The van der Waals surface area contributed by atoms with Gasteiger partial charge in [-0.15, -0.1) is 0 Å². The molecule has 0 heterocycles. The van der Waals surface area contributed by atoms with Crippen LogP contribution >= 0.6 is 0 Å². The fourth-order valence-electron chi connectivity index (χ4n) is 0.741. The second kappa shape index (κ2) is 6.69. The van der Waals surface area contributed by atoms with Crippen molar-refractivity contribution in [2.24, 2.45) is 11.5 Å². The molecule has 0 amide bonds. The smallest absolute Gasteiger partial charge is 0.294 e. The Morgan fingerprint density at radius 2 is 2.18 bits per heavy atom. The van der Waals surface area contributed by atoms with Gasteiger partial charge in [0.25, 0.3) is 15.1 Å². The number of rotatable bonds is 6. The minimum absolute atomic E-state index is 0.393. The topological polar surface area (TPSA) is 70.5 Å². The Bertz CT molecular complexity index is 93.0. The summed E-state index contributed by atoms with van der Waals surface area (Å²) in [4.78, 5) is 3.67. The van der Waals surface area contributed by atoms with Crippen molar-refractivity contribution in [3.8, 4) is 0 Å². The quantitative estimate of drug-likeness (QED) is 0.207. The second-order valence-corrected chi connectivity index (χ2v) is 2.60. The lowest BCUT2D eigenvalue weighted by Gasteiger charge is -2.19. The molecule has 0 aliphatic heterocycles. The predicted molar refractivity (Wildman–Crippen MR) is 53.4 cm³/mol. The van der Waals surface area contributed by atoms with Crippen LogP contribution in [0.4, 0.5) is 0 Å². The highest BCUT2D eigenvalue weighted by atomic mass is 15.3. The lowest BCUT2D eigenvalue weighted by Crippen LogP contribution is -2.50. The first-order valence-corrected chi connectivity index (χ1v) is 3.73. The number of hydrogen-bond acceptors (Lipinski definition) is 5. The van der Waals surface area contributed by atoms with Crippen molar-refractivity contribution in [2.45, 2.75) is 0 Å². The average Bonchev–Trinajstić information content (AvgIpc) is 2.00. The molecule has 5 nitrogen and oxygen atoms in total. The maximum absolute atomic E-state index is 5.49. The van der Waals surface area contributed by atoms with Gasteiger partial charge in [0.15, 0.2) is 0 Å². The summed E-state index contributed by atoms with van der Waals surface area (Å²) in [6, 6.07) is 0. The van der Waals surface area contributed by atoms with E-state index in [-0.39, 0.29) is 0 Å². The number of nitrogens with two attached hydrogens (primary N) is 2. The Morgan fingerprint density at radius 1 is 1.55 bits per heavy atom. The molecule has 0 bridgehead atoms. The van der Waals surface area contributed by atoms with Crippen LogP contribution in [0.2, 0.25) is 0 Å². The molecule has 0 saturated heterocycles. The summed E-state index contributed by atoms with van der Waals surface area (Å²) in [6.45, 7) is 0. The highest BCUT2D eigenvalue weighted by molar-refractivity contribution is 6.47. The van der Waals surface area contributed by atoms with Gasteiger partial charge in [-0.1, -0.05) is 0 Å². The van der Waals surface area contributed by atoms with Crippen LogP contribution in [0.5, 0.6) is 0 Å². The lowest BCUT2D eigenvalue weighted by molar-refractivity contribution is 0.556. The molecule has 0 radical (unpaired) electrons. The second-order valence-electron chi connectivity index (χ2n) is 2.60. The van der Waals surface area contributed by atoms with Gasteiger partial charge < -0.3 is 20.5 Å². The van der Waals surface area contributed by atoms with Gasteiger partial charge in [-0.25, -0.2) is 0 Å². The summed E-state index contributed by atoms with van der Waals surface area (Å²) in [5.74, 6) is 5.49. The van der Waals surface area contributed by atoms with Crippen molar-refractivity contribution >= 4 is 22.5 Å². The number of nitrogens with zero attached hydrogens (tertiary/aromatic N) is 2. The Kier molecular flexibility index (Phi) is 6.69. The zero-order chi connectivity index (χ0) is 8.69. The summed E-state index contributed by atoms with van der Waals surface area (Å²) < 4.78 is 0. The zero-order valence-electron chi connectivity index (χ0n) is 7.38. The predicted octanol–water partition coefficient (Wildman–Crippen LogP) is -3.89.